The highest BCUT2D eigenvalue weighted by atomic mass is 79.9. The van der Waals surface area contributed by atoms with Gasteiger partial charge < -0.3 is 20.1 Å². The van der Waals surface area contributed by atoms with E-state index in [4.69, 9.17) is 0 Å². The van der Waals surface area contributed by atoms with Gasteiger partial charge in [-0.2, -0.15) is 0 Å². The van der Waals surface area contributed by atoms with Crippen molar-refractivity contribution < 1.29 is 14.4 Å². The molecule has 2 aromatic rings. The van der Waals surface area contributed by atoms with Gasteiger partial charge in [0.25, 0.3) is 5.91 Å². The second-order valence-corrected chi connectivity index (χ2v) is 8.28. The maximum absolute atomic E-state index is 12.8. The summed E-state index contributed by atoms with van der Waals surface area (Å²) in [4.78, 5) is 43.8. The third kappa shape index (κ3) is 3.78. The van der Waals surface area contributed by atoms with Crippen molar-refractivity contribution in [3.63, 3.8) is 0 Å². The number of carbonyl (C=O) groups excluding carboxylic acids is 3. The number of nitrogens with one attached hydrogen (secondary N) is 2. The summed E-state index contributed by atoms with van der Waals surface area (Å²) in [6, 6.07) is 7.77. The van der Waals surface area contributed by atoms with E-state index in [2.05, 4.69) is 26.2 Å². The SMILES string of the molecule is O=C(NC1CCCC1)C(=O)N1CCN(C(=O)c2cc3cccc(Br)c3[nH]2)CC1. The summed E-state index contributed by atoms with van der Waals surface area (Å²) in [7, 11) is 0. The minimum absolute atomic E-state index is 0.0920. The molecule has 0 radical (unpaired) electrons. The molecule has 0 unspecified atom stereocenters. The Morgan fingerprint density at radius 1 is 1.04 bits per heavy atom. The first-order valence-corrected chi connectivity index (χ1v) is 10.5. The molecule has 28 heavy (non-hydrogen) atoms. The van der Waals surface area contributed by atoms with Gasteiger partial charge in [0.2, 0.25) is 0 Å². The smallest absolute Gasteiger partial charge is 0.312 e. The summed E-state index contributed by atoms with van der Waals surface area (Å²) in [5, 5.41) is 3.80. The van der Waals surface area contributed by atoms with Gasteiger partial charge in [-0.1, -0.05) is 25.0 Å². The third-order valence-electron chi connectivity index (χ3n) is 5.57. The predicted octanol–water partition coefficient (Wildman–Crippen LogP) is 2.27. The van der Waals surface area contributed by atoms with Gasteiger partial charge in [0, 0.05) is 42.1 Å². The van der Waals surface area contributed by atoms with E-state index in [1.54, 1.807) is 4.90 Å². The van der Waals surface area contributed by atoms with Crippen LogP contribution in [0.4, 0.5) is 0 Å². The molecule has 2 aliphatic rings. The van der Waals surface area contributed by atoms with Crippen LogP contribution < -0.4 is 5.32 Å². The maximum atomic E-state index is 12.8. The van der Waals surface area contributed by atoms with E-state index in [0.717, 1.165) is 41.1 Å². The number of para-hydroxylation sites is 1. The Labute approximate surface area is 171 Å². The molecular formula is C20H23BrN4O3. The monoisotopic (exact) mass is 446 g/mol. The highest BCUT2D eigenvalue weighted by Crippen LogP contribution is 2.24. The van der Waals surface area contributed by atoms with Crippen molar-refractivity contribution in [2.45, 2.75) is 31.7 Å². The van der Waals surface area contributed by atoms with Gasteiger partial charge in [-0.25, -0.2) is 0 Å². The van der Waals surface area contributed by atoms with Gasteiger partial charge >= 0.3 is 11.8 Å². The molecule has 1 saturated heterocycles. The van der Waals surface area contributed by atoms with E-state index in [1.165, 1.54) is 4.90 Å². The minimum atomic E-state index is -0.521. The molecule has 0 spiro atoms. The van der Waals surface area contributed by atoms with E-state index in [0.29, 0.717) is 31.9 Å². The number of nitrogens with zero attached hydrogens (tertiary/aromatic N) is 2. The highest BCUT2D eigenvalue weighted by Gasteiger charge is 2.30. The molecule has 1 saturated carbocycles. The molecule has 2 heterocycles. The van der Waals surface area contributed by atoms with Gasteiger partial charge in [-0.05, 0) is 40.9 Å². The van der Waals surface area contributed by atoms with Crippen LogP contribution in [0.15, 0.2) is 28.7 Å². The van der Waals surface area contributed by atoms with Gasteiger partial charge in [-0.3, -0.25) is 14.4 Å². The third-order valence-corrected chi connectivity index (χ3v) is 6.24. The molecule has 2 N–H and O–H groups in total. The Bertz CT molecular complexity index is 911. The number of amides is 3. The second kappa shape index (κ2) is 7.95. The first-order valence-electron chi connectivity index (χ1n) is 9.69. The molecule has 1 aliphatic carbocycles. The van der Waals surface area contributed by atoms with Crippen LogP contribution in [-0.2, 0) is 9.59 Å². The average molecular weight is 447 g/mol. The van der Waals surface area contributed by atoms with Crippen LogP contribution in [0.25, 0.3) is 10.9 Å². The molecule has 0 atom stereocenters. The summed E-state index contributed by atoms with van der Waals surface area (Å²) in [6.45, 7) is 1.56. The molecular weight excluding hydrogens is 424 g/mol. The van der Waals surface area contributed by atoms with Crippen LogP contribution in [0, 0.1) is 0 Å². The summed E-state index contributed by atoms with van der Waals surface area (Å²) in [5.74, 6) is -1.11. The average Bonchev–Trinajstić information content (AvgIpc) is 3.37. The Hall–Kier alpha value is -2.35. The molecule has 0 bridgehead atoms. The molecule has 8 heteroatoms. The fourth-order valence-electron chi connectivity index (χ4n) is 3.98. The zero-order chi connectivity index (χ0) is 19.7. The molecule has 3 amide bonds. The standard InChI is InChI=1S/C20H23BrN4O3/c21-15-7-3-4-13-12-16(23-17(13)15)19(27)24-8-10-25(11-9-24)20(28)18(26)22-14-5-1-2-6-14/h3-4,7,12,14,23H,1-2,5-6,8-11H2,(H,22,26). The lowest BCUT2D eigenvalue weighted by Crippen LogP contribution is -2.54. The normalized spacial score (nSPS) is 17.9. The molecule has 2 fully saturated rings. The fourth-order valence-corrected chi connectivity index (χ4v) is 4.46. The van der Waals surface area contributed by atoms with Crippen LogP contribution in [0.2, 0.25) is 0 Å². The van der Waals surface area contributed by atoms with Crippen molar-refractivity contribution >= 4 is 44.6 Å². The largest absolute Gasteiger partial charge is 0.350 e. The van der Waals surface area contributed by atoms with Crippen LogP contribution in [-0.4, -0.2) is 64.7 Å². The number of fused-ring (bicyclic) bond motifs is 1. The fraction of sp³-hybridized carbons (Fsp3) is 0.450. The van der Waals surface area contributed by atoms with Crippen LogP contribution in [0.1, 0.15) is 36.2 Å². The van der Waals surface area contributed by atoms with Crippen molar-refractivity contribution in [2.24, 2.45) is 0 Å². The number of aromatic nitrogens is 1. The summed E-state index contributed by atoms with van der Waals surface area (Å²) in [5.41, 5.74) is 1.42. The van der Waals surface area contributed by atoms with Crippen molar-refractivity contribution in [2.75, 3.05) is 26.2 Å². The van der Waals surface area contributed by atoms with Crippen molar-refractivity contribution in [3.05, 3.63) is 34.4 Å². The van der Waals surface area contributed by atoms with Gasteiger partial charge in [-0.15, -0.1) is 0 Å². The lowest BCUT2D eigenvalue weighted by Gasteiger charge is -2.34. The van der Waals surface area contributed by atoms with Crippen LogP contribution >= 0.6 is 15.9 Å². The molecule has 4 rings (SSSR count). The summed E-state index contributed by atoms with van der Waals surface area (Å²) in [6.07, 6.45) is 4.10. The minimum Gasteiger partial charge on any atom is -0.350 e. The zero-order valence-corrected chi connectivity index (χ0v) is 17.1. The molecule has 7 nitrogen and oxygen atoms in total. The number of aromatic amines is 1. The number of piperazine rings is 1. The van der Waals surface area contributed by atoms with Crippen LogP contribution in [0.3, 0.4) is 0 Å². The van der Waals surface area contributed by atoms with Crippen molar-refractivity contribution in [1.29, 1.82) is 0 Å². The summed E-state index contributed by atoms with van der Waals surface area (Å²) < 4.78 is 0.910. The van der Waals surface area contributed by atoms with E-state index in [1.807, 2.05) is 24.3 Å². The quantitative estimate of drug-likeness (QED) is 0.693. The zero-order valence-electron chi connectivity index (χ0n) is 15.5. The highest BCUT2D eigenvalue weighted by molar-refractivity contribution is 9.10. The van der Waals surface area contributed by atoms with Crippen molar-refractivity contribution in [3.8, 4) is 0 Å². The van der Waals surface area contributed by atoms with Gasteiger partial charge in [0.1, 0.15) is 5.69 Å². The topological polar surface area (TPSA) is 85.5 Å². The number of benzene rings is 1. The Morgan fingerprint density at radius 2 is 1.71 bits per heavy atom. The Balaban J connectivity index is 1.35. The number of H-pyrrole nitrogens is 1. The molecule has 1 aromatic heterocycles. The van der Waals surface area contributed by atoms with Gasteiger partial charge in [0.15, 0.2) is 0 Å². The Morgan fingerprint density at radius 3 is 2.39 bits per heavy atom. The maximum Gasteiger partial charge on any atom is 0.312 e. The lowest BCUT2D eigenvalue weighted by atomic mass is 10.2. The van der Waals surface area contributed by atoms with E-state index in [9.17, 15) is 14.4 Å². The second-order valence-electron chi connectivity index (χ2n) is 7.43. The molecule has 1 aliphatic heterocycles. The number of halogens is 1. The number of rotatable bonds is 2. The first kappa shape index (κ1) is 19.0. The summed E-state index contributed by atoms with van der Waals surface area (Å²) >= 11 is 3.49. The van der Waals surface area contributed by atoms with Crippen molar-refractivity contribution in [1.82, 2.24) is 20.1 Å². The van der Waals surface area contributed by atoms with Gasteiger partial charge in [0.05, 0.1) is 5.52 Å². The van der Waals surface area contributed by atoms with E-state index < -0.39 is 11.8 Å². The Kier molecular flexibility index (Phi) is 5.39. The number of hydrogen-bond donors (Lipinski definition) is 2. The number of carbonyl (C=O) groups is 3. The van der Waals surface area contributed by atoms with E-state index >= 15 is 0 Å². The lowest BCUT2D eigenvalue weighted by molar-refractivity contribution is -0.147. The molecule has 1 aromatic carbocycles. The predicted molar refractivity (Wildman–Crippen MR) is 109 cm³/mol. The van der Waals surface area contributed by atoms with E-state index in [-0.39, 0.29) is 11.9 Å². The molecule has 148 valence electrons. The first-order chi connectivity index (χ1) is 13.5. The number of hydrogen-bond acceptors (Lipinski definition) is 3. The van der Waals surface area contributed by atoms with Crippen LogP contribution in [0.5, 0.6) is 0 Å².